The number of hydrogen-bond donors (Lipinski definition) is 0. The first-order valence-electron chi connectivity index (χ1n) is 38.3. The summed E-state index contributed by atoms with van der Waals surface area (Å²) in [6, 6.07) is 75.7. The maximum absolute atomic E-state index is 4.69. The van der Waals surface area contributed by atoms with Crippen molar-refractivity contribution >= 4 is 54.5 Å². The minimum absolute atomic E-state index is 0.471. The summed E-state index contributed by atoms with van der Waals surface area (Å²) in [7, 11) is 10.4. The second kappa shape index (κ2) is 33.6. The van der Waals surface area contributed by atoms with Crippen molar-refractivity contribution in [2.24, 2.45) is 35.2 Å². The van der Waals surface area contributed by atoms with Gasteiger partial charge >= 0.3 is 0 Å². The average Bonchev–Trinajstić information content (AvgIpc) is 1.19. The van der Waals surface area contributed by atoms with Crippen LogP contribution in [-0.4, -0.2) is 24.9 Å². The van der Waals surface area contributed by atoms with E-state index in [-0.39, 0.29) is 0 Å². The van der Waals surface area contributed by atoms with Gasteiger partial charge in [0.15, 0.2) is 27.6 Å². The van der Waals surface area contributed by atoms with Crippen molar-refractivity contribution in [1.82, 2.24) is 24.9 Å². The minimum atomic E-state index is 0.471. The summed E-state index contributed by atoms with van der Waals surface area (Å²) in [5.41, 5.74) is 31.3. The fraction of sp³-hybridized carbons (Fsp3) is 0.278. The lowest BCUT2D eigenvalue weighted by Crippen LogP contribution is -2.32. The molecule has 15 aromatic rings. The molecule has 16 rings (SSSR count). The minimum Gasteiger partial charge on any atom is -0.232 e. The van der Waals surface area contributed by atoms with Gasteiger partial charge in [-0.2, -0.15) is 0 Å². The van der Waals surface area contributed by atoms with Gasteiger partial charge in [-0.25, -0.2) is 22.8 Å². The lowest BCUT2D eigenvalue weighted by Gasteiger charge is -2.13. The smallest absolute Gasteiger partial charge is 0.232 e. The lowest BCUT2D eigenvalue weighted by molar-refractivity contribution is -0.662. The van der Waals surface area contributed by atoms with Gasteiger partial charge < -0.3 is 0 Å². The van der Waals surface area contributed by atoms with Crippen LogP contribution in [0.5, 0.6) is 0 Å². The van der Waals surface area contributed by atoms with Crippen LogP contribution in [0.2, 0.25) is 0 Å². The van der Waals surface area contributed by atoms with E-state index in [0.29, 0.717) is 23.7 Å². The molecule has 0 spiro atoms. The topological polar surface area (TPSA) is 83.8 Å². The summed E-state index contributed by atoms with van der Waals surface area (Å²) < 4.78 is 10.6. The molecule has 0 aliphatic heterocycles. The average molecular weight is 1410 g/mol. The van der Waals surface area contributed by atoms with E-state index in [2.05, 4.69) is 374 Å². The standard InChI is InChI=1S/C21H23N2.4C19H21N2/c1-15-7-3-6-10-18(15)21-19-12-11-17(16-8-4-5-9-16)13-20(19)22-14-23(21)2;1-13(2)15-10-7-11-17-18(15)19(21(4)12-20-17)16-9-6-5-8-14(16)3;1-13(2)15-10-7-11-17-18(15)20-12-21(4)19(17)16-9-6-5-8-14(16)3;1-13(2)15-10-9-14(3)17(11-15)19-16-7-5-6-8-18(16)20-12-21(19)4;1-13(2)15-9-10-18-17(11-15)19(21(4)12-20-18)16-8-6-5-7-14(16)3/h3,6-7,10-14,16H,4-5,8-9H2,1-2H3;4*5-13H,1-4H3/q5*+1. The lowest BCUT2D eigenvalue weighted by atomic mass is 9.93. The number of benzene rings is 10. The summed E-state index contributed by atoms with van der Waals surface area (Å²) in [6.45, 7) is 28.7. The van der Waals surface area contributed by atoms with Crippen molar-refractivity contribution in [3.63, 3.8) is 0 Å². The molecular weight excluding hydrogens is 1310 g/mol. The van der Waals surface area contributed by atoms with E-state index >= 15 is 0 Å². The normalized spacial score (nSPS) is 12.2. The quantitative estimate of drug-likeness (QED) is 0.127. The second-order valence-electron chi connectivity index (χ2n) is 30.5. The van der Waals surface area contributed by atoms with Crippen LogP contribution >= 0.6 is 0 Å². The van der Waals surface area contributed by atoms with Crippen molar-refractivity contribution in [3.8, 4) is 56.3 Å². The molecule has 1 saturated carbocycles. The van der Waals surface area contributed by atoms with E-state index in [0.717, 1.165) is 33.5 Å². The molecule has 0 radical (unpaired) electrons. The van der Waals surface area contributed by atoms with Gasteiger partial charge in [0.2, 0.25) is 0 Å². The Hall–Kier alpha value is -11.1. The van der Waals surface area contributed by atoms with E-state index in [9.17, 15) is 0 Å². The highest BCUT2D eigenvalue weighted by Crippen LogP contribution is 2.39. The maximum Gasteiger partial charge on any atom is 0.287 e. The van der Waals surface area contributed by atoms with Crippen LogP contribution in [0.3, 0.4) is 0 Å². The molecule has 5 heterocycles. The third-order valence-electron chi connectivity index (χ3n) is 21.5. The Labute approximate surface area is 634 Å². The highest BCUT2D eigenvalue weighted by atomic mass is 15.0. The van der Waals surface area contributed by atoms with E-state index < -0.39 is 0 Å². The van der Waals surface area contributed by atoms with Crippen LogP contribution in [0.1, 0.15) is 166 Å². The molecule has 0 bridgehead atoms. The predicted octanol–water partition coefficient (Wildman–Crippen LogP) is 21.3. The number of fused-ring (bicyclic) bond motifs is 5. The molecule has 10 heteroatoms. The molecule has 1 aliphatic rings. The number of aryl methyl sites for hydroxylation is 10. The summed E-state index contributed by atoms with van der Waals surface area (Å²) in [5.74, 6) is 2.73. The first-order chi connectivity index (χ1) is 51.6. The Balaban J connectivity index is 0.000000125. The maximum atomic E-state index is 4.69. The predicted molar refractivity (Wildman–Crippen MR) is 443 cm³/mol. The number of nitrogens with zero attached hydrogens (tertiary/aromatic N) is 10. The molecule has 107 heavy (non-hydrogen) atoms. The second-order valence-corrected chi connectivity index (χ2v) is 30.5. The highest BCUT2D eigenvalue weighted by molar-refractivity contribution is 5.97. The van der Waals surface area contributed by atoms with Crippen LogP contribution in [0.15, 0.2) is 244 Å². The van der Waals surface area contributed by atoms with Gasteiger partial charge in [-0.1, -0.05) is 226 Å². The largest absolute Gasteiger partial charge is 0.287 e. The Morgan fingerprint density at radius 2 is 0.673 bits per heavy atom. The van der Waals surface area contributed by atoms with E-state index in [1.54, 1.807) is 0 Å². The van der Waals surface area contributed by atoms with Gasteiger partial charge in [-0.05, 0) is 207 Å². The molecule has 0 N–H and O–H groups in total. The molecule has 10 aromatic carbocycles. The van der Waals surface area contributed by atoms with Crippen molar-refractivity contribution < 1.29 is 22.8 Å². The van der Waals surface area contributed by atoms with Crippen LogP contribution in [0.4, 0.5) is 0 Å². The van der Waals surface area contributed by atoms with Crippen LogP contribution < -0.4 is 22.8 Å². The summed E-state index contributed by atoms with van der Waals surface area (Å²) in [5, 5.41) is 6.16. The van der Waals surface area contributed by atoms with Crippen LogP contribution in [0, 0.1) is 34.6 Å². The van der Waals surface area contributed by atoms with Gasteiger partial charge in [-0.15, -0.1) is 0 Å². The van der Waals surface area contributed by atoms with Gasteiger partial charge in [0, 0.05) is 33.4 Å². The fourth-order valence-electron chi connectivity index (χ4n) is 15.4. The molecule has 540 valence electrons. The Morgan fingerprint density at radius 3 is 1.21 bits per heavy atom. The third kappa shape index (κ3) is 16.5. The molecule has 1 fully saturated rings. The van der Waals surface area contributed by atoms with E-state index in [1.165, 1.54) is 165 Å². The molecule has 5 aromatic heterocycles. The first-order valence-corrected chi connectivity index (χ1v) is 38.3. The molecule has 0 atom stereocenters. The number of aromatic nitrogens is 10. The molecule has 0 unspecified atom stereocenters. The Morgan fingerprint density at radius 1 is 0.290 bits per heavy atom. The number of rotatable bonds is 10. The molecule has 10 nitrogen and oxygen atoms in total. The molecular formula is C97H107N10+5. The SMILES string of the molecule is Cc1ccc(C(C)C)cc1-c1c2ccccc2nc[n+]1C.Cc1ccccc1-c1c2c(C(C)C)cccc2nc[n+]1C.Cc1ccccc1-c1c2cc(C(C)C)ccc2nc[n+]1C.Cc1ccccc1-c1c2ccc(C3CCCC3)cc2nc[n+]1C.Cc1ccccc1-c1c2cccc(C(C)C)c2nc[n+]1C. The summed E-state index contributed by atoms with van der Waals surface area (Å²) in [6.07, 6.45) is 15.0. The van der Waals surface area contributed by atoms with E-state index in [4.69, 9.17) is 4.98 Å². The van der Waals surface area contributed by atoms with Gasteiger partial charge in [0.05, 0.1) is 62.2 Å². The zero-order valence-electron chi connectivity index (χ0n) is 66.3. The van der Waals surface area contributed by atoms with Gasteiger partial charge in [0.25, 0.3) is 31.6 Å². The van der Waals surface area contributed by atoms with Crippen molar-refractivity contribution in [2.75, 3.05) is 0 Å². The highest BCUT2D eigenvalue weighted by Gasteiger charge is 2.26. The Kier molecular flexibility index (Phi) is 23.7. The van der Waals surface area contributed by atoms with Crippen molar-refractivity contribution in [1.29, 1.82) is 0 Å². The van der Waals surface area contributed by atoms with Crippen molar-refractivity contribution in [3.05, 3.63) is 300 Å². The van der Waals surface area contributed by atoms with Crippen LogP contribution in [-0.2, 0) is 35.2 Å². The Bertz CT molecular complexity index is 5650. The molecule has 0 amide bonds. The summed E-state index contributed by atoms with van der Waals surface area (Å²) >= 11 is 0. The number of hydrogen-bond acceptors (Lipinski definition) is 5. The zero-order valence-corrected chi connectivity index (χ0v) is 66.3. The monoisotopic (exact) mass is 1410 g/mol. The molecule has 1 aliphatic carbocycles. The zero-order chi connectivity index (χ0) is 75.7. The summed E-state index contributed by atoms with van der Waals surface area (Å²) in [4.78, 5) is 23.1. The first kappa shape index (κ1) is 75.6. The van der Waals surface area contributed by atoms with Crippen molar-refractivity contribution in [2.45, 2.75) is 145 Å². The molecule has 0 saturated heterocycles. The fourth-order valence-corrected chi connectivity index (χ4v) is 15.4. The van der Waals surface area contributed by atoms with Gasteiger partial charge in [-0.3, -0.25) is 0 Å². The van der Waals surface area contributed by atoms with E-state index in [1.807, 2.05) is 37.7 Å². The van der Waals surface area contributed by atoms with Crippen LogP contribution in [0.25, 0.3) is 111 Å². The number of para-hydroxylation sites is 2. The third-order valence-corrected chi connectivity index (χ3v) is 21.5. The van der Waals surface area contributed by atoms with Gasteiger partial charge in [0.1, 0.15) is 28.5 Å².